The molecule has 1 aliphatic heterocycles. The van der Waals surface area contributed by atoms with Crippen LogP contribution < -0.4 is 5.69 Å². The molecular weight excluding hydrogens is 384 g/mol. The van der Waals surface area contributed by atoms with E-state index in [1.165, 1.54) is 6.33 Å². The van der Waals surface area contributed by atoms with E-state index in [-0.39, 0.29) is 11.6 Å². The molecule has 10 heteroatoms. The van der Waals surface area contributed by atoms with E-state index in [9.17, 15) is 4.79 Å². The maximum atomic E-state index is 11.8. The molecule has 30 heavy (non-hydrogen) atoms. The molecule has 0 bridgehead atoms. The topological polar surface area (TPSA) is 128 Å². The lowest BCUT2D eigenvalue weighted by atomic mass is 9.99. The number of H-pyrrole nitrogens is 3. The van der Waals surface area contributed by atoms with Crippen molar-refractivity contribution in [1.29, 1.82) is 0 Å². The number of rotatable bonds is 5. The number of morpholine rings is 1. The summed E-state index contributed by atoms with van der Waals surface area (Å²) in [4.78, 5) is 33.3. The predicted molar refractivity (Wildman–Crippen MR) is 111 cm³/mol. The fourth-order valence-corrected chi connectivity index (χ4v) is 3.81. The first-order valence-corrected chi connectivity index (χ1v) is 9.93. The molecule has 0 amide bonds. The second kappa shape index (κ2) is 7.81. The van der Waals surface area contributed by atoms with Crippen LogP contribution in [0.2, 0.25) is 0 Å². The highest BCUT2D eigenvalue weighted by Gasteiger charge is 2.21. The third kappa shape index (κ3) is 3.62. The van der Waals surface area contributed by atoms with E-state index in [0.29, 0.717) is 17.1 Å². The monoisotopic (exact) mass is 406 g/mol. The lowest BCUT2D eigenvalue weighted by Crippen LogP contribution is -2.38. The Bertz CT molecular complexity index is 1190. The molecule has 5 rings (SSSR count). The molecule has 0 spiro atoms. The summed E-state index contributed by atoms with van der Waals surface area (Å²) in [5.41, 5.74) is 4.11. The van der Waals surface area contributed by atoms with Gasteiger partial charge in [0, 0.05) is 36.7 Å². The lowest BCUT2D eigenvalue weighted by molar-refractivity contribution is 0.0356. The SMILES string of the molecule is CC(CN1CCOCC1)c1nc2[nH]c(=O)[nH]c2nc1-c1ccc(-c2ncn[nH]2)cc1. The van der Waals surface area contributed by atoms with Crippen molar-refractivity contribution >= 4 is 11.3 Å². The van der Waals surface area contributed by atoms with Crippen LogP contribution in [0.4, 0.5) is 0 Å². The number of nitrogens with one attached hydrogen (secondary N) is 3. The second-order valence-corrected chi connectivity index (χ2v) is 7.46. The minimum absolute atomic E-state index is 0.127. The highest BCUT2D eigenvalue weighted by atomic mass is 16.5. The van der Waals surface area contributed by atoms with Crippen molar-refractivity contribution in [2.75, 3.05) is 32.8 Å². The second-order valence-electron chi connectivity index (χ2n) is 7.46. The first kappa shape index (κ1) is 18.6. The number of fused-ring (bicyclic) bond motifs is 1. The first-order chi connectivity index (χ1) is 14.7. The van der Waals surface area contributed by atoms with E-state index in [4.69, 9.17) is 14.7 Å². The Hall–Kier alpha value is -3.37. The highest BCUT2D eigenvalue weighted by molar-refractivity contribution is 5.74. The number of hydrogen-bond donors (Lipinski definition) is 3. The van der Waals surface area contributed by atoms with Gasteiger partial charge in [0.2, 0.25) is 0 Å². The molecular formula is C20H22N8O2. The number of aromatic amines is 3. The van der Waals surface area contributed by atoms with Gasteiger partial charge in [-0.2, -0.15) is 5.10 Å². The third-order valence-electron chi connectivity index (χ3n) is 5.34. The molecule has 1 unspecified atom stereocenters. The minimum atomic E-state index is -0.311. The Morgan fingerprint density at radius 2 is 1.77 bits per heavy atom. The standard InChI is InChI=1S/C20H22N8O2/c1-12(10-28-6-8-30-9-7-28)15-16(24-19-18(23-15)25-20(29)26-19)13-2-4-14(5-3-13)17-21-11-22-27-17/h2-5,11-12H,6-10H2,1H3,(H,21,22,27)(H2,23,24,25,26,29). The predicted octanol–water partition coefficient (Wildman–Crippen LogP) is 1.53. The van der Waals surface area contributed by atoms with Gasteiger partial charge in [-0.15, -0.1) is 0 Å². The van der Waals surface area contributed by atoms with E-state index < -0.39 is 0 Å². The van der Waals surface area contributed by atoms with Crippen LogP contribution in [0.5, 0.6) is 0 Å². The molecule has 4 aromatic rings. The number of hydrogen-bond acceptors (Lipinski definition) is 7. The van der Waals surface area contributed by atoms with E-state index in [0.717, 1.165) is 55.4 Å². The summed E-state index contributed by atoms with van der Waals surface area (Å²) < 4.78 is 5.46. The Balaban J connectivity index is 1.53. The Labute approximate surface area is 171 Å². The molecule has 3 aromatic heterocycles. The van der Waals surface area contributed by atoms with Gasteiger partial charge in [-0.1, -0.05) is 31.2 Å². The van der Waals surface area contributed by atoms with E-state index >= 15 is 0 Å². The fourth-order valence-electron chi connectivity index (χ4n) is 3.81. The van der Waals surface area contributed by atoms with Crippen LogP contribution in [0.25, 0.3) is 33.9 Å². The molecule has 1 aliphatic rings. The summed E-state index contributed by atoms with van der Waals surface area (Å²) in [6, 6.07) is 7.92. The van der Waals surface area contributed by atoms with Gasteiger partial charge >= 0.3 is 5.69 Å². The van der Waals surface area contributed by atoms with E-state index in [1.807, 2.05) is 24.3 Å². The maximum Gasteiger partial charge on any atom is 0.326 e. The van der Waals surface area contributed by atoms with Gasteiger partial charge in [0.15, 0.2) is 17.1 Å². The normalized spacial score (nSPS) is 16.2. The van der Waals surface area contributed by atoms with Gasteiger partial charge in [-0.05, 0) is 0 Å². The molecule has 1 fully saturated rings. The Morgan fingerprint density at radius 3 is 2.47 bits per heavy atom. The molecule has 0 saturated carbocycles. The average Bonchev–Trinajstić information content (AvgIpc) is 3.42. The molecule has 1 saturated heterocycles. The van der Waals surface area contributed by atoms with Crippen molar-refractivity contribution in [3.8, 4) is 22.6 Å². The highest BCUT2D eigenvalue weighted by Crippen LogP contribution is 2.29. The van der Waals surface area contributed by atoms with Crippen LogP contribution in [-0.4, -0.2) is 72.9 Å². The average molecular weight is 406 g/mol. The lowest BCUT2D eigenvalue weighted by Gasteiger charge is -2.29. The molecule has 10 nitrogen and oxygen atoms in total. The van der Waals surface area contributed by atoms with Gasteiger partial charge in [0.1, 0.15) is 6.33 Å². The number of aromatic nitrogens is 7. The van der Waals surface area contributed by atoms with E-state index in [2.05, 4.69) is 37.0 Å². The maximum absolute atomic E-state index is 11.8. The number of nitrogens with zero attached hydrogens (tertiary/aromatic N) is 5. The molecule has 3 N–H and O–H groups in total. The van der Waals surface area contributed by atoms with Gasteiger partial charge < -0.3 is 4.74 Å². The zero-order valence-electron chi connectivity index (χ0n) is 16.6. The zero-order chi connectivity index (χ0) is 20.5. The van der Waals surface area contributed by atoms with Gasteiger partial charge in [-0.3, -0.25) is 20.0 Å². The molecule has 4 heterocycles. The van der Waals surface area contributed by atoms with Crippen molar-refractivity contribution in [3.05, 3.63) is 46.8 Å². The van der Waals surface area contributed by atoms with Crippen LogP contribution in [0.3, 0.4) is 0 Å². The Kier molecular flexibility index (Phi) is 4.85. The fraction of sp³-hybridized carbons (Fsp3) is 0.350. The number of ether oxygens (including phenoxy) is 1. The number of imidazole rings is 1. The van der Waals surface area contributed by atoms with Gasteiger partial charge in [0.25, 0.3) is 0 Å². The summed E-state index contributed by atoms with van der Waals surface area (Å²) in [6.07, 6.45) is 1.48. The first-order valence-electron chi connectivity index (χ1n) is 9.93. The molecule has 154 valence electrons. The quantitative estimate of drug-likeness (QED) is 0.458. The summed E-state index contributed by atoms with van der Waals surface area (Å²) in [5.74, 6) is 0.835. The van der Waals surface area contributed by atoms with Crippen LogP contribution >= 0.6 is 0 Å². The van der Waals surface area contributed by atoms with Crippen LogP contribution in [0.15, 0.2) is 35.4 Å². The van der Waals surface area contributed by atoms with Crippen molar-refractivity contribution < 1.29 is 4.74 Å². The molecule has 1 atom stereocenters. The molecule has 1 aromatic carbocycles. The van der Waals surface area contributed by atoms with Crippen molar-refractivity contribution in [2.24, 2.45) is 0 Å². The van der Waals surface area contributed by atoms with Crippen molar-refractivity contribution in [1.82, 2.24) is 40.0 Å². The summed E-state index contributed by atoms with van der Waals surface area (Å²) in [7, 11) is 0. The van der Waals surface area contributed by atoms with Crippen molar-refractivity contribution in [3.63, 3.8) is 0 Å². The summed E-state index contributed by atoms with van der Waals surface area (Å²) in [5, 5.41) is 6.77. The van der Waals surface area contributed by atoms with Gasteiger partial charge in [0.05, 0.1) is 24.6 Å². The number of benzene rings is 1. The smallest absolute Gasteiger partial charge is 0.326 e. The summed E-state index contributed by atoms with van der Waals surface area (Å²) >= 11 is 0. The van der Waals surface area contributed by atoms with Crippen LogP contribution in [0, 0.1) is 0 Å². The van der Waals surface area contributed by atoms with Crippen molar-refractivity contribution in [2.45, 2.75) is 12.8 Å². The van der Waals surface area contributed by atoms with Crippen LogP contribution in [0.1, 0.15) is 18.5 Å². The Morgan fingerprint density at radius 1 is 1.07 bits per heavy atom. The van der Waals surface area contributed by atoms with Gasteiger partial charge in [-0.25, -0.2) is 19.7 Å². The summed E-state index contributed by atoms with van der Waals surface area (Å²) in [6.45, 7) is 6.30. The zero-order valence-corrected chi connectivity index (χ0v) is 16.6. The molecule has 0 aliphatic carbocycles. The minimum Gasteiger partial charge on any atom is -0.379 e. The van der Waals surface area contributed by atoms with Crippen LogP contribution in [-0.2, 0) is 4.74 Å². The third-order valence-corrected chi connectivity index (χ3v) is 5.34. The molecule has 0 radical (unpaired) electrons. The largest absolute Gasteiger partial charge is 0.379 e. The van der Waals surface area contributed by atoms with E-state index in [1.54, 1.807) is 0 Å².